The van der Waals surface area contributed by atoms with E-state index in [1.54, 1.807) is 0 Å². The molecule has 4 nitrogen and oxygen atoms in total. The van der Waals surface area contributed by atoms with Gasteiger partial charge in [-0.05, 0) is 31.5 Å². The molecular formula is C11H15F2NO3S. The van der Waals surface area contributed by atoms with Crippen LogP contribution < -0.4 is 0 Å². The second-order valence-electron chi connectivity index (χ2n) is 4.04. The van der Waals surface area contributed by atoms with Gasteiger partial charge in [-0.15, -0.1) is 0 Å². The Balaban J connectivity index is 3.02. The summed E-state index contributed by atoms with van der Waals surface area (Å²) in [5, 5.41) is 9.08. The summed E-state index contributed by atoms with van der Waals surface area (Å²) in [6.07, 6.45) is -0.452. The highest BCUT2D eigenvalue weighted by Crippen LogP contribution is 2.19. The molecule has 18 heavy (non-hydrogen) atoms. The van der Waals surface area contributed by atoms with Crippen LogP contribution in [0, 0.1) is 11.6 Å². The Morgan fingerprint density at radius 2 is 2.00 bits per heavy atom. The average Bonchev–Trinajstić information content (AvgIpc) is 2.28. The van der Waals surface area contributed by atoms with E-state index < -0.39 is 32.7 Å². The van der Waals surface area contributed by atoms with Crippen LogP contribution >= 0.6 is 0 Å². The van der Waals surface area contributed by atoms with Gasteiger partial charge in [0.2, 0.25) is 10.0 Å². The van der Waals surface area contributed by atoms with Gasteiger partial charge in [-0.3, -0.25) is 0 Å². The van der Waals surface area contributed by atoms with Crippen molar-refractivity contribution in [1.29, 1.82) is 0 Å². The monoisotopic (exact) mass is 279 g/mol. The molecule has 0 aliphatic heterocycles. The predicted octanol–water partition coefficient (Wildman–Crippen LogP) is 1.36. The van der Waals surface area contributed by atoms with E-state index in [-0.39, 0.29) is 13.0 Å². The van der Waals surface area contributed by atoms with E-state index >= 15 is 0 Å². The molecule has 0 aliphatic carbocycles. The zero-order valence-corrected chi connectivity index (χ0v) is 10.9. The van der Waals surface area contributed by atoms with Gasteiger partial charge in [0.15, 0.2) is 0 Å². The molecule has 102 valence electrons. The second kappa shape index (κ2) is 5.73. The quantitative estimate of drug-likeness (QED) is 0.885. The third kappa shape index (κ3) is 3.47. The molecule has 0 heterocycles. The molecule has 0 fully saturated rings. The summed E-state index contributed by atoms with van der Waals surface area (Å²) >= 11 is 0. The minimum Gasteiger partial charge on any atom is -0.393 e. The minimum atomic E-state index is -4.08. The van der Waals surface area contributed by atoms with Crippen LogP contribution in [0.5, 0.6) is 0 Å². The normalized spacial score (nSPS) is 13.9. The molecule has 0 amide bonds. The van der Waals surface area contributed by atoms with Crippen molar-refractivity contribution in [3.63, 3.8) is 0 Å². The summed E-state index contributed by atoms with van der Waals surface area (Å²) in [5.41, 5.74) is 0. The molecule has 0 aliphatic rings. The van der Waals surface area contributed by atoms with Crippen LogP contribution in [0.3, 0.4) is 0 Å². The molecule has 1 N–H and O–H groups in total. The standard InChI is InChI=1S/C11H15F2NO3S/c1-8(15)5-6-14(2)18(16,17)11-7-9(12)3-4-10(11)13/h3-4,7-8,15H,5-6H2,1-2H3. The van der Waals surface area contributed by atoms with Crippen LogP contribution in [0.15, 0.2) is 23.1 Å². The number of hydrogen-bond donors (Lipinski definition) is 1. The van der Waals surface area contributed by atoms with Gasteiger partial charge in [0.25, 0.3) is 0 Å². The molecule has 0 saturated carbocycles. The highest BCUT2D eigenvalue weighted by atomic mass is 32.2. The molecule has 0 spiro atoms. The van der Waals surface area contributed by atoms with Crippen molar-refractivity contribution in [1.82, 2.24) is 4.31 Å². The van der Waals surface area contributed by atoms with Gasteiger partial charge >= 0.3 is 0 Å². The lowest BCUT2D eigenvalue weighted by Crippen LogP contribution is -2.30. The fourth-order valence-electron chi connectivity index (χ4n) is 1.33. The number of benzene rings is 1. The predicted molar refractivity (Wildman–Crippen MR) is 62.5 cm³/mol. The fourth-order valence-corrected chi connectivity index (χ4v) is 2.59. The zero-order valence-electron chi connectivity index (χ0n) is 10.1. The van der Waals surface area contributed by atoms with Gasteiger partial charge in [-0.2, -0.15) is 0 Å². The zero-order chi connectivity index (χ0) is 13.9. The maximum absolute atomic E-state index is 13.4. The van der Waals surface area contributed by atoms with Crippen molar-refractivity contribution in [3.05, 3.63) is 29.8 Å². The molecule has 0 bridgehead atoms. The number of hydrogen-bond acceptors (Lipinski definition) is 3. The Labute approximate surface area is 105 Å². The van der Waals surface area contributed by atoms with E-state index in [0.29, 0.717) is 6.07 Å². The Morgan fingerprint density at radius 1 is 1.39 bits per heavy atom. The smallest absolute Gasteiger partial charge is 0.245 e. The molecule has 7 heteroatoms. The van der Waals surface area contributed by atoms with Gasteiger partial charge in [0, 0.05) is 13.6 Å². The van der Waals surface area contributed by atoms with Crippen LogP contribution in [-0.4, -0.2) is 37.5 Å². The Bertz CT molecular complexity index is 517. The molecular weight excluding hydrogens is 264 g/mol. The summed E-state index contributed by atoms with van der Waals surface area (Å²) in [7, 11) is -2.83. The first-order chi connectivity index (χ1) is 8.25. The number of halogens is 2. The number of sulfonamides is 1. The lowest BCUT2D eigenvalue weighted by molar-refractivity contribution is 0.177. The lowest BCUT2D eigenvalue weighted by atomic mass is 10.3. The molecule has 1 unspecified atom stereocenters. The van der Waals surface area contributed by atoms with Crippen molar-refractivity contribution in [2.75, 3.05) is 13.6 Å². The molecule has 1 aromatic carbocycles. The van der Waals surface area contributed by atoms with Crippen LogP contribution in [0.2, 0.25) is 0 Å². The van der Waals surface area contributed by atoms with Crippen LogP contribution in [0.25, 0.3) is 0 Å². The van der Waals surface area contributed by atoms with Gasteiger partial charge in [-0.25, -0.2) is 21.5 Å². The summed E-state index contributed by atoms with van der Waals surface area (Å²) < 4.78 is 51.2. The number of rotatable bonds is 5. The van der Waals surface area contributed by atoms with Crippen LogP contribution in [0.1, 0.15) is 13.3 Å². The number of nitrogens with zero attached hydrogens (tertiary/aromatic N) is 1. The first-order valence-electron chi connectivity index (χ1n) is 5.34. The molecule has 0 aromatic heterocycles. The Kier molecular flexibility index (Phi) is 4.78. The molecule has 0 radical (unpaired) electrons. The van der Waals surface area contributed by atoms with E-state index in [4.69, 9.17) is 5.11 Å². The van der Waals surface area contributed by atoms with Gasteiger partial charge in [-0.1, -0.05) is 0 Å². The van der Waals surface area contributed by atoms with E-state index in [2.05, 4.69) is 0 Å². The number of aliphatic hydroxyl groups is 1. The highest BCUT2D eigenvalue weighted by Gasteiger charge is 2.25. The Hall–Kier alpha value is -1.05. The fraction of sp³-hybridized carbons (Fsp3) is 0.455. The van der Waals surface area contributed by atoms with Crippen molar-refractivity contribution >= 4 is 10.0 Å². The molecule has 0 saturated heterocycles. The van der Waals surface area contributed by atoms with Crippen molar-refractivity contribution in [2.45, 2.75) is 24.3 Å². The highest BCUT2D eigenvalue weighted by molar-refractivity contribution is 7.89. The third-order valence-electron chi connectivity index (χ3n) is 2.44. The first-order valence-corrected chi connectivity index (χ1v) is 6.78. The van der Waals surface area contributed by atoms with E-state index in [1.807, 2.05) is 0 Å². The van der Waals surface area contributed by atoms with E-state index in [0.717, 1.165) is 16.4 Å². The van der Waals surface area contributed by atoms with E-state index in [9.17, 15) is 17.2 Å². The first kappa shape index (κ1) is 15.0. The summed E-state index contributed by atoms with van der Waals surface area (Å²) in [6, 6.07) is 2.26. The van der Waals surface area contributed by atoms with Crippen molar-refractivity contribution < 1.29 is 22.3 Å². The molecule has 1 aromatic rings. The topological polar surface area (TPSA) is 57.6 Å². The van der Waals surface area contributed by atoms with E-state index in [1.165, 1.54) is 14.0 Å². The Morgan fingerprint density at radius 3 is 2.56 bits per heavy atom. The van der Waals surface area contributed by atoms with Gasteiger partial charge < -0.3 is 5.11 Å². The number of aliphatic hydroxyl groups excluding tert-OH is 1. The van der Waals surface area contributed by atoms with Crippen LogP contribution in [-0.2, 0) is 10.0 Å². The van der Waals surface area contributed by atoms with Crippen molar-refractivity contribution in [2.24, 2.45) is 0 Å². The van der Waals surface area contributed by atoms with Crippen molar-refractivity contribution in [3.8, 4) is 0 Å². The van der Waals surface area contributed by atoms with Gasteiger partial charge in [0.1, 0.15) is 16.5 Å². The maximum atomic E-state index is 13.4. The molecule has 1 rings (SSSR count). The summed E-state index contributed by atoms with van der Waals surface area (Å²) in [5.74, 6) is -1.82. The minimum absolute atomic E-state index is 0.0238. The van der Waals surface area contributed by atoms with Gasteiger partial charge in [0.05, 0.1) is 6.10 Å². The third-order valence-corrected chi connectivity index (χ3v) is 4.32. The lowest BCUT2D eigenvalue weighted by Gasteiger charge is -2.18. The summed E-state index contributed by atoms with van der Waals surface area (Å²) in [4.78, 5) is -0.699. The average molecular weight is 279 g/mol. The second-order valence-corrected chi connectivity index (χ2v) is 6.05. The maximum Gasteiger partial charge on any atom is 0.245 e. The largest absolute Gasteiger partial charge is 0.393 e. The van der Waals surface area contributed by atoms with Crippen LogP contribution in [0.4, 0.5) is 8.78 Å². The summed E-state index contributed by atoms with van der Waals surface area (Å²) in [6.45, 7) is 1.54. The molecule has 1 atom stereocenters. The SMILES string of the molecule is CC(O)CCN(C)S(=O)(=O)c1cc(F)ccc1F.